The van der Waals surface area contributed by atoms with E-state index in [0.29, 0.717) is 33.5 Å². The Balaban J connectivity index is 1.63. The molecule has 148 valence electrons. The maximum atomic E-state index is 13.0. The van der Waals surface area contributed by atoms with Crippen molar-refractivity contribution in [1.82, 2.24) is 0 Å². The van der Waals surface area contributed by atoms with Crippen molar-refractivity contribution >= 4 is 28.2 Å². The average Bonchev–Trinajstić information content (AvgIpc) is 3.06. The summed E-state index contributed by atoms with van der Waals surface area (Å²) in [6.45, 7) is 2.17. The summed E-state index contributed by atoms with van der Waals surface area (Å²) in [5.74, 6) is 0.767. The van der Waals surface area contributed by atoms with Gasteiger partial charge in [0.2, 0.25) is 0 Å². The lowest BCUT2D eigenvalue weighted by Gasteiger charge is -2.18. The number of nitrogens with one attached hydrogen (secondary N) is 1. The molecule has 3 aromatic rings. The van der Waals surface area contributed by atoms with Crippen LogP contribution in [0.4, 0.5) is 5.00 Å². The number of hydrogen-bond donors (Lipinski definition) is 2. The van der Waals surface area contributed by atoms with Crippen molar-refractivity contribution in [1.29, 1.82) is 0 Å². The largest absolute Gasteiger partial charge is 0.457 e. The maximum absolute atomic E-state index is 13.0. The van der Waals surface area contributed by atoms with Crippen LogP contribution < -0.4 is 15.8 Å². The third kappa shape index (κ3) is 4.03. The first-order valence-electron chi connectivity index (χ1n) is 9.60. The Labute approximate surface area is 173 Å². The number of thiophene rings is 1. The van der Waals surface area contributed by atoms with Crippen LogP contribution in [0.2, 0.25) is 0 Å². The van der Waals surface area contributed by atoms with Crippen molar-refractivity contribution in [2.45, 2.75) is 26.2 Å². The molecule has 4 rings (SSSR count). The molecule has 2 aromatic carbocycles. The summed E-state index contributed by atoms with van der Waals surface area (Å²) in [6, 6.07) is 16.3. The van der Waals surface area contributed by atoms with Gasteiger partial charge in [0.1, 0.15) is 16.5 Å². The molecule has 0 fully saturated rings. The Morgan fingerprint density at radius 3 is 2.59 bits per heavy atom. The topological polar surface area (TPSA) is 81.4 Å². The molecule has 29 heavy (non-hydrogen) atoms. The van der Waals surface area contributed by atoms with Gasteiger partial charge in [0, 0.05) is 4.88 Å². The molecule has 0 bridgehead atoms. The number of para-hydroxylation sites is 2. The van der Waals surface area contributed by atoms with Crippen molar-refractivity contribution in [3.05, 3.63) is 76.2 Å². The Kier molecular flexibility index (Phi) is 5.36. The van der Waals surface area contributed by atoms with Gasteiger partial charge in [0.05, 0.1) is 11.1 Å². The number of primary amides is 1. The molecule has 5 nitrogen and oxygen atoms in total. The molecule has 0 spiro atoms. The molecule has 1 heterocycles. The van der Waals surface area contributed by atoms with Gasteiger partial charge in [-0.1, -0.05) is 37.3 Å². The molecule has 0 aliphatic heterocycles. The zero-order chi connectivity index (χ0) is 20.4. The van der Waals surface area contributed by atoms with Crippen LogP contribution in [0.1, 0.15) is 44.5 Å². The van der Waals surface area contributed by atoms with Crippen LogP contribution in [-0.4, -0.2) is 11.8 Å². The van der Waals surface area contributed by atoms with E-state index in [4.69, 9.17) is 10.5 Å². The molecule has 1 aliphatic rings. The molecule has 3 N–H and O–H groups in total. The SMILES string of the molecule is C[C@@H]1CCc2sc(NC(=O)c3ccccc3Oc3ccccc3)c(C(N)=O)c2C1. The fraction of sp³-hybridized carbons (Fsp3) is 0.217. The van der Waals surface area contributed by atoms with Crippen molar-refractivity contribution in [3.63, 3.8) is 0 Å². The number of ether oxygens (including phenoxy) is 1. The Bertz CT molecular complexity index is 1060. The molecule has 1 aliphatic carbocycles. The third-order valence-electron chi connectivity index (χ3n) is 5.08. The second-order valence-electron chi connectivity index (χ2n) is 7.29. The minimum atomic E-state index is -0.499. The number of anilines is 1. The molecular formula is C23H22N2O3S. The summed E-state index contributed by atoms with van der Waals surface area (Å²) < 4.78 is 5.89. The first kappa shape index (κ1) is 19.2. The summed E-state index contributed by atoms with van der Waals surface area (Å²) in [5, 5.41) is 3.43. The fourth-order valence-corrected chi connectivity index (χ4v) is 4.88. The molecule has 1 aromatic heterocycles. The maximum Gasteiger partial charge on any atom is 0.260 e. The van der Waals surface area contributed by atoms with Gasteiger partial charge in [-0.25, -0.2) is 0 Å². The van der Waals surface area contributed by atoms with Crippen molar-refractivity contribution in [2.24, 2.45) is 11.7 Å². The van der Waals surface area contributed by atoms with Gasteiger partial charge in [-0.2, -0.15) is 0 Å². The number of amides is 2. The van der Waals surface area contributed by atoms with Gasteiger partial charge in [-0.3, -0.25) is 9.59 Å². The van der Waals surface area contributed by atoms with Gasteiger partial charge in [0.25, 0.3) is 11.8 Å². The second-order valence-corrected chi connectivity index (χ2v) is 8.39. The number of aryl methyl sites for hydroxylation is 1. The van der Waals surface area contributed by atoms with Crippen molar-refractivity contribution < 1.29 is 14.3 Å². The Morgan fingerprint density at radius 1 is 1.10 bits per heavy atom. The van der Waals surface area contributed by atoms with E-state index in [1.807, 2.05) is 36.4 Å². The highest BCUT2D eigenvalue weighted by Gasteiger charge is 2.28. The normalized spacial score (nSPS) is 15.4. The van der Waals surface area contributed by atoms with E-state index in [-0.39, 0.29) is 5.91 Å². The monoisotopic (exact) mass is 406 g/mol. The highest BCUT2D eigenvalue weighted by Crippen LogP contribution is 2.40. The lowest BCUT2D eigenvalue weighted by Crippen LogP contribution is -2.20. The van der Waals surface area contributed by atoms with Crippen molar-refractivity contribution in [2.75, 3.05) is 5.32 Å². The molecule has 6 heteroatoms. The number of hydrogen-bond acceptors (Lipinski definition) is 4. The van der Waals surface area contributed by atoms with Crippen molar-refractivity contribution in [3.8, 4) is 11.5 Å². The summed E-state index contributed by atoms with van der Waals surface area (Å²) in [4.78, 5) is 26.3. The standard InChI is InChI=1S/C23H22N2O3S/c1-14-11-12-19-17(13-14)20(21(24)26)23(29-19)25-22(27)16-9-5-6-10-18(16)28-15-7-3-2-4-8-15/h2-10,14H,11-13H2,1H3,(H2,24,26)(H,25,27)/t14-/m1/s1. The van der Waals surface area contributed by atoms with Crippen LogP contribution in [0.5, 0.6) is 11.5 Å². The summed E-state index contributed by atoms with van der Waals surface area (Å²) >= 11 is 1.45. The molecule has 2 amide bonds. The van der Waals surface area contributed by atoms with Gasteiger partial charge < -0.3 is 15.8 Å². The van der Waals surface area contributed by atoms with E-state index in [9.17, 15) is 9.59 Å². The van der Waals surface area contributed by atoms with Crippen LogP contribution in [-0.2, 0) is 12.8 Å². The van der Waals surface area contributed by atoms with Crippen LogP contribution in [0.3, 0.4) is 0 Å². The van der Waals surface area contributed by atoms with E-state index in [2.05, 4.69) is 12.2 Å². The molecular weight excluding hydrogens is 384 g/mol. The predicted molar refractivity (Wildman–Crippen MR) is 115 cm³/mol. The predicted octanol–water partition coefficient (Wildman–Crippen LogP) is 5.02. The molecule has 1 atom stereocenters. The first-order valence-corrected chi connectivity index (χ1v) is 10.4. The van der Waals surface area contributed by atoms with Gasteiger partial charge in [0.15, 0.2) is 0 Å². The minimum absolute atomic E-state index is 0.328. The zero-order valence-corrected chi connectivity index (χ0v) is 16.9. The Morgan fingerprint density at radius 2 is 1.83 bits per heavy atom. The molecule has 0 saturated heterocycles. The quantitative estimate of drug-likeness (QED) is 0.624. The van der Waals surface area contributed by atoms with Gasteiger partial charge in [-0.05, 0) is 55.0 Å². The highest BCUT2D eigenvalue weighted by molar-refractivity contribution is 7.17. The lowest BCUT2D eigenvalue weighted by atomic mass is 9.87. The van der Waals surface area contributed by atoms with Crippen LogP contribution >= 0.6 is 11.3 Å². The number of benzene rings is 2. The Hall–Kier alpha value is -3.12. The van der Waals surface area contributed by atoms with Crippen LogP contribution in [0.15, 0.2) is 54.6 Å². The van der Waals surface area contributed by atoms with E-state index < -0.39 is 5.91 Å². The van der Waals surface area contributed by atoms with E-state index in [0.717, 1.165) is 29.7 Å². The number of carbonyl (C=O) groups is 2. The smallest absolute Gasteiger partial charge is 0.260 e. The average molecular weight is 407 g/mol. The third-order valence-corrected chi connectivity index (χ3v) is 6.29. The van der Waals surface area contributed by atoms with Crippen LogP contribution in [0.25, 0.3) is 0 Å². The zero-order valence-electron chi connectivity index (χ0n) is 16.1. The first-order chi connectivity index (χ1) is 14.0. The number of fused-ring (bicyclic) bond motifs is 1. The summed E-state index contributed by atoms with van der Waals surface area (Å²) in [6.07, 6.45) is 2.80. The van der Waals surface area contributed by atoms with Gasteiger partial charge in [-0.15, -0.1) is 11.3 Å². The van der Waals surface area contributed by atoms with E-state index in [1.165, 1.54) is 11.3 Å². The fourth-order valence-electron chi connectivity index (χ4n) is 3.64. The van der Waals surface area contributed by atoms with E-state index >= 15 is 0 Å². The molecule has 0 unspecified atom stereocenters. The summed E-state index contributed by atoms with van der Waals surface area (Å²) in [5.41, 5.74) is 7.50. The number of rotatable bonds is 5. The lowest BCUT2D eigenvalue weighted by molar-refractivity contribution is 0.1000. The van der Waals surface area contributed by atoms with Gasteiger partial charge >= 0.3 is 0 Å². The second kappa shape index (κ2) is 8.09. The number of nitrogens with two attached hydrogens (primary N) is 1. The molecule has 0 saturated carbocycles. The number of carbonyl (C=O) groups excluding carboxylic acids is 2. The minimum Gasteiger partial charge on any atom is -0.457 e. The highest BCUT2D eigenvalue weighted by atomic mass is 32.1. The van der Waals surface area contributed by atoms with Crippen LogP contribution in [0, 0.1) is 5.92 Å². The van der Waals surface area contributed by atoms with E-state index in [1.54, 1.807) is 18.2 Å². The molecule has 0 radical (unpaired) electrons. The summed E-state index contributed by atoms with van der Waals surface area (Å²) in [7, 11) is 0.